The van der Waals surface area contributed by atoms with E-state index in [1.165, 1.54) is 5.01 Å². The molecule has 3 fully saturated rings. The Morgan fingerprint density at radius 2 is 1.62 bits per heavy atom. The van der Waals surface area contributed by atoms with Crippen LogP contribution in [0.3, 0.4) is 0 Å². The Morgan fingerprint density at radius 3 is 2.23 bits per heavy atom. The molecule has 1 aromatic carbocycles. The lowest BCUT2D eigenvalue weighted by Gasteiger charge is -2.43. The standard InChI is InChI=1S/C27H33F5N4O3/c28-26(29,27(30,31)32)16-33-18-10-13-25(14-11-18,12-9-17-7-8-17)34-21-4-1-3-19-20(21)15-35(24(19)39)36-22(37)5-2-6-23(36)38/h1,3-4,17-18,33-34H,2,5-16H2. The van der Waals surface area contributed by atoms with Crippen molar-refractivity contribution in [1.82, 2.24) is 15.3 Å². The number of amides is 3. The Bertz CT molecular complexity index is 1110. The predicted octanol–water partition coefficient (Wildman–Crippen LogP) is 5.17. The zero-order chi connectivity index (χ0) is 28.0. The van der Waals surface area contributed by atoms with Crippen LogP contribution in [-0.4, -0.2) is 58.0 Å². The Hall–Kier alpha value is -2.76. The summed E-state index contributed by atoms with van der Waals surface area (Å²) in [5.74, 6) is -5.36. The number of alkyl halides is 5. The summed E-state index contributed by atoms with van der Waals surface area (Å²) in [5.41, 5.74) is 1.40. The molecule has 12 heteroatoms. The van der Waals surface area contributed by atoms with Gasteiger partial charge in [-0.2, -0.15) is 27.0 Å². The molecule has 3 amide bonds. The Labute approximate surface area is 223 Å². The monoisotopic (exact) mass is 556 g/mol. The quantitative estimate of drug-likeness (QED) is 0.324. The minimum Gasteiger partial charge on any atom is -0.379 e. The molecule has 214 valence electrons. The molecule has 5 rings (SSSR count). The molecule has 2 aliphatic heterocycles. The van der Waals surface area contributed by atoms with Crippen molar-refractivity contribution in [2.75, 3.05) is 11.9 Å². The highest BCUT2D eigenvalue weighted by Gasteiger charge is 2.57. The first-order chi connectivity index (χ1) is 18.4. The van der Waals surface area contributed by atoms with Gasteiger partial charge in [-0.3, -0.25) is 14.4 Å². The average Bonchev–Trinajstić information content (AvgIpc) is 3.65. The predicted molar refractivity (Wildman–Crippen MR) is 132 cm³/mol. The smallest absolute Gasteiger partial charge is 0.379 e. The summed E-state index contributed by atoms with van der Waals surface area (Å²) in [6.45, 7) is -1.37. The third kappa shape index (κ3) is 5.76. The van der Waals surface area contributed by atoms with Crippen LogP contribution in [0.1, 0.15) is 86.6 Å². The van der Waals surface area contributed by atoms with Crippen LogP contribution in [0.2, 0.25) is 0 Å². The van der Waals surface area contributed by atoms with E-state index in [2.05, 4.69) is 10.6 Å². The van der Waals surface area contributed by atoms with Crippen LogP contribution in [0.4, 0.5) is 27.6 Å². The first kappa shape index (κ1) is 27.8. The minimum atomic E-state index is -5.59. The van der Waals surface area contributed by atoms with E-state index in [4.69, 9.17) is 0 Å². The van der Waals surface area contributed by atoms with Crippen molar-refractivity contribution in [2.24, 2.45) is 5.92 Å². The molecule has 0 aromatic heterocycles. The van der Waals surface area contributed by atoms with Gasteiger partial charge in [0.1, 0.15) is 0 Å². The summed E-state index contributed by atoms with van der Waals surface area (Å²) >= 11 is 0. The third-order valence-electron chi connectivity index (χ3n) is 8.54. The molecular formula is C27H33F5N4O3. The first-order valence-corrected chi connectivity index (χ1v) is 13.6. The van der Waals surface area contributed by atoms with Crippen molar-refractivity contribution in [3.63, 3.8) is 0 Å². The third-order valence-corrected chi connectivity index (χ3v) is 8.54. The highest BCUT2D eigenvalue weighted by atomic mass is 19.4. The van der Waals surface area contributed by atoms with Gasteiger partial charge < -0.3 is 10.6 Å². The van der Waals surface area contributed by atoms with Crippen LogP contribution < -0.4 is 10.6 Å². The number of carbonyl (C=O) groups is 3. The van der Waals surface area contributed by atoms with Crippen LogP contribution in [-0.2, 0) is 16.1 Å². The second-order valence-electron chi connectivity index (χ2n) is 11.4. The Balaban J connectivity index is 1.30. The molecule has 0 radical (unpaired) electrons. The SMILES string of the molecule is O=C1c2cccc(NC3(CCC4CC4)CCC(NCC(F)(F)C(F)(F)F)CC3)c2CN1N1C(=O)CCCC1=O. The van der Waals surface area contributed by atoms with Crippen molar-refractivity contribution < 1.29 is 36.3 Å². The normalized spacial score (nSPS) is 26.3. The molecular weight excluding hydrogens is 523 g/mol. The number of imide groups is 1. The number of benzene rings is 1. The molecule has 39 heavy (non-hydrogen) atoms. The molecule has 0 unspecified atom stereocenters. The van der Waals surface area contributed by atoms with Gasteiger partial charge in [-0.15, -0.1) is 0 Å². The highest BCUT2D eigenvalue weighted by molar-refractivity contribution is 6.05. The second-order valence-corrected chi connectivity index (χ2v) is 11.4. The molecule has 2 heterocycles. The van der Waals surface area contributed by atoms with Crippen LogP contribution in [0.15, 0.2) is 18.2 Å². The number of halogens is 5. The van der Waals surface area contributed by atoms with Crippen LogP contribution in [0.25, 0.3) is 0 Å². The topological polar surface area (TPSA) is 81.8 Å². The lowest BCUT2D eigenvalue weighted by atomic mass is 9.75. The fraction of sp³-hybridized carbons (Fsp3) is 0.667. The molecule has 0 spiro atoms. The highest BCUT2D eigenvalue weighted by Crippen LogP contribution is 2.43. The maximum Gasteiger partial charge on any atom is 0.454 e. The average molecular weight is 557 g/mol. The van der Waals surface area contributed by atoms with Gasteiger partial charge in [0, 0.05) is 41.2 Å². The van der Waals surface area contributed by atoms with Gasteiger partial charge in [-0.25, -0.2) is 5.01 Å². The zero-order valence-corrected chi connectivity index (χ0v) is 21.6. The number of carbonyl (C=O) groups excluding carboxylic acids is 3. The van der Waals surface area contributed by atoms with Gasteiger partial charge in [-0.1, -0.05) is 18.9 Å². The summed E-state index contributed by atoms with van der Waals surface area (Å²) in [6, 6.07) is 4.80. The lowest BCUT2D eigenvalue weighted by Crippen LogP contribution is -2.52. The van der Waals surface area contributed by atoms with E-state index in [0.717, 1.165) is 30.7 Å². The fourth-order valence-corrected chi connectivity index (χ4v) is 5.97. The second kappa shape index (κ2) is 10.3. The van der Waals surface area contributed by atoms with Gasteiger partial charge in [0.05, 0.1) is 13.1 Å². The fourth-order valence-electron chi connectivity index (χ4n) is 5.97. The van der Waals surface area contributed by atoms with E-state index in [9.17, 15) is 36.3 Å². The molecule has 0 atom stereocenters. The number of rotatable bonds is 9. The summed E-state index contributed by atoms with van der Waals surface area (Å²) in [7, 11) is 0. The lowest BCUT2D eigenvalue weighted by molar-refractivity contribution is -0.279. The van der Waals surface area contributed by atoms with Crippen LogP contribution in [0.5, 0.6) is 0 Å². The number of piperidine rings is 1. The maximum atomic E-state index is 13.4. The van der Waals surface area contributed by atoms with Gasteiger partial charge in [-0.05, 0) is 63.0 Å². The number of hydrogen-bond acceptors (Lipinski definition) is 5. The van der Waals surface area contributed by atoms with Gasteiger partial charge in [0.2, 0.25) is 11.8 Å². The molecule has 1 aromatic rings. The molecule has 1 saturated heterocycles. The Kier molecular flexibility index (Phi) is 7.36. The van der Waals surface area contributed by atoms with E-state index in [-0.39, 0.29) is 19.4 Å². The molecule has 0 bridgehead atoms. The number of fused-ring (bicyclic) bond motifs is 1. The van der Waals surface area contributed by atoms with Crippen molar-refractivity contribution in [1.29, 1.82) is 0 Å². The van der Waals surface area contributed by atoms with Gasteiger partial charge >= 0.3 is 12.1 Å². The van der Waals surface area contributed by atoms with Gasteiger partial charge in [0.25, 0.3) is 5.91 Å². The number of anilines is 1. The maximum absolute atomic E-state index is 13.4. The largest absolute Gasteiger partial charge is 0.454 e. The van der Waals surface area contributed by atoms with E-state index < -0.39 is 47.9 Å². The first-order valence-electron chi connectivity index (χ1n) is 13.6. The summed E-state index contributed by atoms with van der Waals surface area (Å²) in [4.78, 5) is 38.2. The molecule has 2 N–H and O–H groups in total. The van der Waals surface area contributed by atoms with E-state index in [1.54, 1.807) is 12.1 Å². The molecule has 7 nitrogen and oxygen atoms in total. The number of hydrazine groups is 1. The van der Waals surface area contributed by atoms with Crippen molar-refractivity contribution >= 4 is 23.4 Å². The Morgan fingerprint density at radius 1 is 0.949 bits per heavy atom. The molecule has 2 saturated carbocycles. The van der Waals surface area contributed by atoms with Crippen molar-refractivity contribution in [2.45, 2.75) is 101 Å². The summed E-state index contributed by atoms with van der Waals surface area (Å²) in [6.07, 6.45) is 1.39. The minimum absolute atomic E-state index is 0.0736. The number of hydrogen-bond donors (Lipinski definition) is 2. The summed E-state index contributed by atoms with van der Waals surface area (Å²) < 4.78 is 64.7. The van der Waals surface area contributed by atoms with Crippen LogP contribution in [0, 0.1) is 5.92 Å². The number of nitrogens with zero attached hydrogens (tertiary/aromatic N) is 2. The molecule has 2 aliphatic carbocycles. The van der Waals surface area contributed by atoms with E-state index in [0.29, 0.717) is 54.8 Å². The van der Waals surface area contributed by atoms with E-state index in [1.807, 2.05) is 6.07 Å². The van der Waals surface area contributed by atoms with E-state index >= 15 is 0 Å². The van der Waals surface area contributed by atoms with Crippen molar-refractivity contribution in [3.05, 3.63) is 29.3 Å². The zero-order valence-electron chi connectivity index (χ0n) is 21.6. The van der Waals surface area contributed by atoms with Gasteiger partial charge in [0.15, 0.2) is 0 Å². The number of nitrogens with one attached hydrogen (secondary N) is 2. The molecule has 4 aliphatic rings. The summed E-state index contributed by atoms with van der Waals surface area (Å²) in [5, 5.41) is 8.24. The van der Waals surface area contributed by atoms with Crippen LogP contribution >= 0.6 is 0 Å². The van der Waals surface area contributed by atoms with Crippen molar-refractivity contribution in [3.8, 4) is 0 Å².